The highest BCUT2D eigenvalue weighted by molar-refractivity contribution is 5.19. The number of hydrogen-bond acceptors (Lipinski definition) is 2. The van der Waals surface area contributed by atoms with E-state index in [1.54, 1.807) is 0 Å². The Morgan fingerprint density at radius 2 is 1.70 bits per heavy atom. The SMILES string of the molecule is CC(C)NCC(c1ccccc1)N1CCC(C)(C)CC1. The van der Waals surface area contributed by atoms with E-state index >= 15 is 0 Å². The van der Waals surface area contributed by atoms with Crippen LogP contribution >= 0.6 is 0 Å². The molecule has 2 heteroatoms. The summed E-state index contributed by atoms with van der Waals surface area (Å²) in [6.07, 6.45) is 2.61. The fraction of sp³-hybridized carbons (Fsp3) is 0.667. The van der Waals surface area contributed by atoms with Crippen LogP contribution in [0.3, 0.4) is 0 Å². The zero-order valence-electron chi connectivity index (χ0n) is 13.5. The molecule has 2 rings (SSSR count). The van der Waals surface area contributed by atoms with Gasteiger partial charge in [0.2, 0.25) is 0 Å². The summed E-state index contributed by atoms with van der Waals surface area (Å²) in [5.74, 6) is 0. The minimum atomic E-state index is 0.509. The number of hydrogen-bond donors (Lipinski definition) is 1. The van der Waals surface area contributed by atoms with Crippen LogP contribution in [0, 0.1) is 5.41 Å². The van der Waals surface area contributed by atoms with Crippen LogP contribution in [0.4, 0.5) is 0 Å². The van der Waals surface area contributed by atoms with Gasteiger partial charge in [-0.2, -0.15) is 0 Å². The van der Waals surface area contributed by atoms with Crippen molar-refractivity contribution in [3.05, 3.63) is 35.9 Å². The predicted molar refractivity (Wildman–Crippen MR) is 86.9 cm³/mol. The summed E-state index contributed by atoms with van der Waals surface area (Å²) in [6, 6.07) is 12.0. The second kappa shape index (κ2) is 6.73. The lowest BCUT2D eigenvalue weighted by Gasteiger charge is -2.41. The van der Waals surface area contributed by atoms with E-state index in [4.69, 9.17) is 0 Å². The zero-order chi connectivity index (χ0) is 14.6. The Bertz CT molecular complexity index is 387. The molecule has 1 aliphatic rings. The van der Waals surface area contributed by atoms with Gasteiger partial charge in [-0.15, -0.1) is 0 Å². The molecule has 1 N–H and O–H groups in total. The average molecular weight is 274 g/mol. The molecule has 0 saturated carbocycles. The Morgan fingerprint density at radius 1 is 1.10 bits per heavy atom. The first-order valence-electron chi connectivity index (χ1n) is 8.00. The third-order valence-corrected chi connectivity index (χ3v) is 4.50. The van der Waals surface area contributed by atoms with Crippen molar-refractivity contribution >= 4 is 0 Å². The molecule has 1 atom stereocenters. The quantitative estimate of drug-likeness (QED) is 0.877. The van der Waals surface area contributed by atoms with Gasteiger partial charge in [0.25, 0.3) is 0 Å². The Balaban J connectivity index is 2.07. The van der Waals surface area contributed by atoms with Gasteiger partial charge in [-0.25, -0.2) is 0 Å². The summed E-state index contributed by atoms with van der Waals surface area (Å²) >= 11 is 0. The maximum absolute atomic E-state index is 3.62. The van der Waals surface area contributed by atoms with Gasteiger partial charge < -0.3 is 5.32 Å². The second-order valence-electron chi connectivity index (χ2n) is 7.19. The smallest absolute Gasteiger partial charge is 0.0472 e. The Hall–Kier alpha value is -0.860. The number of nitrogens with one attached hydrogen (secondary N) is 1. The van der Waals surface area contributed by atoms with Crippen molar-refractivity contribution in [3.63, 3.8) is 0 Å². The maximum Gasteiger partial charge on any atom is 0.0472 e. The summed E-state index contributed by atoms with van der Waals surface area (Å²) in [6.45, 7) is 12.7. The van der Waals surface area contributed by atoms with Crippen LogP contribution < -0.4 is 5.32 Å². The molecule has 2 nitrogen and oxygen atoms in total. The molecule has 0 amide bonds. The van der Waals surface area contributed by atoms with Gasteiger partial charge in [-0.05, 0) is 36.9 Å². The molecule has 0 radical (unpaired) electrons. The van der Waals surface area contributed by atoms with Gasteiger partial charge in [-0.1, -0.05) is 58.0 Å². The predicted octanol–water partition coefficient (Wildman–Crippen LogP) is 3.85. The zero-order valence-corrected chi connectivity index (χ0v) is 13.5. The lowest BCUT2D eigenvalue weighted by molar-refractivity contribution is 0.0918. The lowest BCUT2D eigenvalue weighted by Crippen LogP contribution is -2.44. The van der Waals surface area contributed by atoms with E-state index in [1.807, 2.05) is 0 Å². The van der Waals surface area contributed by atoms with Gasteiger partial charge in [0.1, 0.15) is 0 Å². The molecular formula is C18H30N2. The first-order chi connectivity index (χ1) is 9.48. The topological polar surface area (TPSA) is 15.3 Å². The summed E-state index contributed by atoms with van der Waals surface area (Å²) < 4.78 is 0. The first kappa shape index (κ1) is 15.5. The van der Waals surface area contributed by atoms with Crippen molar-refractivity contribution in [1.82, 2.24) is 10.2 Å². The fourth-order valence-corrected chi connectivity index (χ4v) is 2.92. The van der Waals surface area contributed by atoms with Gasteiger partial charge in [-0.3, -0.25) is 4.90 Å². The minimum Gasteiger partial charge on any atom is -0.313 e. The molecule has 1 heterocycles. The van der Waals surface area contributed by atoms with Crippen LogP contribution in [0.25, 0.3) is 0 Å². The molecule has 1 aromatic rings. The largest absolute Gasteiger partial charge is 0.313 e. The van der Waals surface area contributed by atoms with E-state index in [1.165, 1.54) is 31.5 Å². The van der Waals surface area contributed by atoms with Crippen molar-refractivity contribution in [2.45, 2.75) is 52.6 Å². The van der Waals surface area contributed by atoms with Gasteiger partial charge in [0.15, 0.2) is 0 Å². The summed E-state index contributed by atoms with van der Waals surface area (Å²) in [5.41, 5.74) is 1.96. The summed E-state index contributed by atoms with van der Waals surface area (Å²) in [5, 5.41) is 3.62. The molecule has 0 spiro atoms. The summed E-state index contributed by atoms with van der Waals surface area (Å²) in [7, 11) is 0. The third-order valence-electron chi connectivity index (χ3n) is 4.50. The van der Waals surface area contributed by atoms with Crippen molar-refractivity contribution in [2.24, 2.45) is 5.41 Å². The lowest BCUT2D eigenvalue weighted by atomic mass is 9.82. The van der Waals surface area contributed by atoms with Gasteiger partial charge >= 0.3 is 0 Å². The monoisotopic (exact) mass is 274 g/mol. The molecule has 1 aromatic carbocycles. The standard InChI is InChI=1S/C18H30N2/c1-15(2)19-14-17(16-8-6-5-7-9-16)20-12-10-18(3,4)11-13-20/h5-9,15,17,19H,10-14H2,1-4H3. The number of likely N-dealkylation sites (tertiary alicyclic amines) is 1. The van der Waals surface area contributed by atoms with Crippen LogP contribution in [0.2, 0.25) is 0 Å². The molecule has 112 valence electrons. The third kappa shape index (κ3) is 4.32. The highest BCUT2D eigenvalue weighted by atomic mass is 15.2. The van der Waals surface area contributed by atoms with Crippen molar-refractivity contribution in [1.29, 1.82) is 0 Å². The van der Waals surface area contributed by atoms with E-state index < -0.39 is 0 Å². The minimum absolute atomic E-state index is 0.509. The number of rotatable bonds is 5. The van der Waals surface area contributed by atoms with Crippen LogP contribution in [0.1, 0.15) is 52.1 Å². The average Bonchev–Trinajstić information content (AvgIpc) is 2.41. The van der Waals surface area contributed by atoms with Crippen molar-refractivity contribution < 1.29 is 0 Å². The Kier molecular flexibility index (Phi) is 5.22. The molecule has 0 aliphatic carbocycles. The number of piperidine rings is 1. The normalized spacial score (nSPS) is 21.1. The first-order valence-corrected chi connectivity index (χ1v) is 8.00. The number of nitrogens with zero attached hydrogens (tertiary/aromatic N) is 1. The van der Waals surface area contributed by atoms with Gasteiger partial charge in [0, 0.05) is 18.6 Å². The molecule has 1 saturated heterocycles. The molecule has 1 unspecified atom stereocenters. The second-order valence-corrected chi connectivity index (χ2v) is 7.19. The molecule has 20 heavy (non-hydrogen) atoms. The van der Waals surface area contributed by atoms with Crippen LogP contribution in [-0.2, 0) is 0 Å². The van der Waals surface area contributed by atoms with Crippen LogP contribution in [0.5, 0.6) is 0 Å². The molecular weight excluding hydrogens is 244 g/mol. The molecule has 0 bridgehead atoms. The Morgan fingerprint density at radius 3 is 2.25 bits per heavy atom. The molecule has 1 aliphatic heterocycles. The fourth-order valence-electron chi connectivity index (χ4n) is 2.92. The highest BCUT2D eigenvalue weighted by Crippen LogP contribution is 2.33. The van der Waals surface area contributed by atoms with Crippen molar-refractivity contribution in [2.75, 3.05) is 19.6 Å². The molecule has 0 aromatic heterocycles. The van der Waals surface area contributed by atoms with E-state index in [2.05, 4.69) is 68.2 Å². The maximum atomic E-state index is 3.62. The Labute approximate surface area is 124 Å². The molecule has 1 fully saturated rings. The van der Waals surface area contributed by atoms with E-state index in [9.17, 15) is 0 Å². The van der Waals surface area contributed by atoms with Gasteiger partial charge in [0.05, 0.1) is 0 Å². The van der Waals surface area contributed by atoms with Crippen molar-refractivity contribution in [3.8, 4) is 0 Å². The summed E-state index contributed by atoms with van der Waals surface area (Å²) in [4.78, 5) is 2.66. The number of benzene rings is 1. The van der Waals surface area contributed by atoms with E-state index in [0.717, 1.165) is 6.54 Å². The van der Waals surface area contributed by atoms with E-state index in [-0.39, 0.29) is 0 Å². The van der Waals surface area contributed by atoms with E-state index in [0.29, 0.717) is 17.5 Å². The van der Waals surface area contributed by atoms with Crippen LogP contribution in [-0.4, -0.2) is 30.6 Å². The highest BCUT2D eigenvalue weighted by Gasteiger charge is 2.29. The van der Waals surface area contributed by atoms with Crippen LogP contribution in [0.15, 0.2) is 30.3 Å².